The molecule has 0 bridgehead atoms. The lowest BCUT2D eigenvalue weighted by Crippen LogP contribution is -2.20. The van der Waals surface area contributed by atoms with Crippen LogP contribution in [0.1, 0.15) is 34.5 Å². The lowest BCUT2D eigenvalue weighted by Gasteiger charge is -2.27. The predicted octanol–water partition coefficient (Wildman–Crippen LogP) is 3.43. The SMILES string of the molecule is O[C@@H]1C=Cc2c(cc3ccc4cc5c(c6ccc2c3c46)C=C[C@@H](O)[C@@H]5O)[C@H]1O. The van der Waals surface area contributed by atoms with Gasteiger partial charge in [-0.3, -0.25) is 0 Å². The molecule has 4 atom stereocenters. The molecule has 28 heavy (non-hydrogen) atoms. The van der Waals surface area contributed by atoms with Crippen LogP contribution in [0.4, 0.5) is 0 Å². The summed E-state index contributed by atoms with van der Waals surface area (Å²) in [6, 6.07) is 12.0. The van der Waals surface area contributed by atoms with Gasteiger partial charge >= 0.3 is 0 Å². The zero-order valence-electron chi connectivity index (χ0n) is 14.9. The maximum absolute atomic E-state index is 10.5. The minimum Gasteiger partial charge on any atom is -0.386 e. The van der Waals surface area contributed by atoms with Gasteiger partial charge in [-0.2, -0.15) is 0 Å². The summed E-state index contributed by atoms with van der Waals surface area (Å²) in [6.07, 6.45) is 3.36. The fourth-order valence-corrected chi connectivity index (χ4v) is 4.87. The summed E-state index contributed by atoms with van der Waals surface area (Å²) in [6.45, 7) is 0. The molecule has 0 heterocycles. The maximum Gasteiger partial charge on any atom is 0.109 e. The maximum atomic E-state index is 10.5. The summed E-state index contributed by atoms with van der Waals surface area (Å²) in [5, 5.41) is 47.3. The summed E-state index contributed by atoms with van der Waals surface area (Å²) in [4.78, 5) is 0. The second kappa shape index (κ2) is 5.40. The third-order valence-electron chi connectivity index (χ3n) is 6.25. The molecule has 2 aliphatic rings. The van der Waals surface area contributed by atoms with Gasteiger partial charge < -0.3 is 20.4 Å². The largest absolute Gasteiger partial charge is 0.386 e. The Morgan fingerprint density at radius 1 is 0.571 bits per heavy atom. The molecule has 4 nitrogen and oxygen atoms in total. The van der Waals surface area contributed by atoms with Crippen LogP contribution in [0.5, 0.6) is 0 Å². The van der Waals surface area contributed by atoms with E-state index in [9.17, 15) is 20.4 Å². The van der Waals surface area contributed by atoms with E-state index in [1.807, 2.05) is 48.6 Å². The Morgan fingerprint density at radius 3 is 1.43 bits per heavy atom. The molecule has 0 saturated carbocycles. The van der Waals surface area contributed by atoms with E-state index >= 15 is 0 Å². The van der Waals surface area contributed by atoms with Gasteiger partial charge in [0.15, 0.2) is 0 Å². The van der Waals surface area contributed by atoms with Crippen LogP contribution >= 0.6 is 0 Å². The van der Waals surface area contributed by atoms with Crippen LogP contribution in [0.3, 0.4) is 0 Å². The van der Waals surface area contributed by atoms with Gasteiger partial charge in [0.25, 0.3) is 0 Å². The van der Waals surface area contributed by atoms with Crippen molar-refractivity contribution in [2.75, 3.05) is 0 Å². The Morgan fingerprint density at radius 2 is 1.00 bits per heavy atom. The van der Waals surface area contributed by atoms with E-state index in [4.69, 9.17) is 0 Å². The van der Waals surface area contributed by atoms with Crippen molar-refractivity contribution in [1.29, 1.82) is 0 Å². The topological polar surface area (TPSA) is 80.9 Å². The van der Waals surface area contributed by atoms with Gasteiger partial charge in [-0.1, -0.05) is 48.6 Å². The highest BCUT2D eigenvalue weighted by Crippen LogP contribution is 2.44. The predicted molar refractivity (Wildman–Crippen MR) is 110 cm³/mol. The molecule has 2 aliphatic carbocycles. The molecule has 138 valence electrons. The Hall–Kier alpha value is -2.76. The van der Waals surface area contributed by atoms with Crippen LogP contribution in [0.15, 0.2) is 48.6 Å². The summed E-state index contributed by atoms with van der Waals surface area (Å²) in [5.74, 6) is 0. The van der Waals surface area contributed by atoms with Crippen molar-refractivity contribution >= 4 is 44.5 Å². The molecule has 4 N–H and O–H groups in total. The molecule has 4 aromatic carbocycles. The first-order valence-corrected chi connectivity index (χ1v) is 9.41. The highest BCUT2D eigenvalue weighted by Gasteiger charge is 2.28. The van der Waals surface area contributed by atoms with Crippen molar-refractivity contribution in [2.45, 2.75) is 24.4 Å². The molecule has 0 unspecified atom stereocenters. The normalized spacial score (nSPS) is 26.3. The smallest absolute Gasteiger partial charge is 0.109 e. The van der Waals surface area contributed by atoms with Gasteiger partial charge in [-0.05, 0) is 66.7 Å². The quantitative estimate of drug-likeness (QED) is 0.358. The van der Waals surface area contributed by atoms with E-state index in [2.05, 4.69) is 0 Å². The van der Waals surface area contributed by atoms with Crippen LogP contribution in [0, 0.1) is 0 Å². The Kier molecular flexibility index (Phi) is 3.13. The summed E-state index contributed by atoms with van der Waals surface area (Å²) in [5.41, 5.74) is 3.34. The van der Waals surface area contributed by atoms with Gasteiger partial charge in [0.05, 0.1) is 0 Å². The fourth-order valence-electron chi connectivity index (χ4n) is 4.87. The number of rotatable bonds is 0. The van der Waals surface area contributed by atoms with Gasteiger partial charge in [-0.25, -0.2) is 0 Å². The number of hydrogen-bond donors (Lipinski definition) is 4. The van der Waals surface area contributed by atoms with E-state index in [1.165, 1.54) is 0 Å². The minimum absolute atomic E-state index is 0.737. The van der Waals surface area contributed by atoms with Crippen LogP contribution in [-0.2, 0) is 0 Å². The van der Waals surface area contributed by atoms with Crippen LogP contribution in [-0.4, -0.2) is 32.6 Å². The molecule has 4 heteroatoms. The second-order valence-corrected chi connectivity index (χ2v) is 7.77. The number of hydrogen-bond acceptors (Lipinski definition) is 4. The van der Waals surface area contributed by atoms with Crippen molar-refractivity contribution in [3.8, 4) is 0 Å². The number of aliphatic hydroxyl groups is 4. The molecular formula is C24H18O4. The fraction of sp³-hybridized carbons (Fsp3) is 0.167. The highest BCUT2D eigenvalue weighted by molar-refractivity contribution is 6.26. The Balaban J connectivity index is 1.79. The lowest BCUT2D eigenvalue weighted by molar-refractivity contribution is 0.0472. The van der Waals surface area contributed by atoms with Crippen molar-refractivity contribution in [2.24, 2.45) is 0 Å². The third kappa shape index (κ3) is 1.93. The average molecular weight is 370 g/mol. The first-order valence-electron chi connectivity index (χ1n) is 9.41. The molecule has 4 aromatic rings. The molecule has 0 aromatic heterocycles. The summed E-state index contributed by atoms with van der Waals surface area (Å²) in [7, 11) is 0. The molecule has 0 spiro atoms. The summed E-state index contributed by atoms with van der Waals surface area (Å²) >= 11 is 0. The zero-order chi connectivity index (χ0) is 19.2. The van der Waals surface area contributed by atoms with Crippen molar-refractivity contribution in [1.82, 2.24) is 0 Å². The lowest BCUT2D eigenvalue weighted by atomic mass is 9.81. The third-order valence-corrected chi connectivity index (χ3v) is 6.25. The average Bonchev–Trinajstić information content (AvgIpc) is 2.71. The molecule has 6 rings (SSSR count). The van der Waals surface area contributed by atoms with E-state index in [-0.39, 0.29) is 0 Å². The van der Waals surface area contributed by atoms with Crippen molar-refractivity contribution in [3.05, 3.63) is 70.8 Å². The zero-order valence-corrected chi connectivity index (χ0v) is 14.9. The van der Waals surface area contributed by atoms with Crippen LogP contribution < -0.4 is 0 Å². The van der Waals surface area contributed by atoms with Gasteiger partial charge in [-0.15, -0.1) is 0 Å². The Bertz CT molecular complexity index is 1230. The first kappa shape index (κ1) is 16.2. The molecule has 0 fully saturated rings. The van der Waals surface area contributed by atoms with Gasteiger partial charge in [0, 0.05) is 0 Å². The van der Waals surface area contributed by atoms with Gasteiger partial charge in [0.2, 0.25) is 0 Å². The second-order valence-electron chi connectivity index (χ2n) is 7.77. The van der Waals surface area contributed by atoms with Gasteiger partial charge in [0.1, 0.15) is 24.4 Å². The van der Waals surface area contributed by atoms with Crippen molar-refractivity contribution in [3.63, 3.8) is 0 Å². The van der Waals surface area contributed by atoms with Crippen LogP contribution in [0.25, 0.3) is 44.5 Å². The van der Waals surface area contributed by atoms with E-state index < -0.39 is 24.4 Å². The van der Waals surface area contributed by atoms with E-state index in [0.717, 1.165) is 54.6 Å². The van der Waals surface area contributed by atoms with Crippen molar-refractivity contribution < 1.29 is 20.4 Å². The monoisotopic (exact) mass is 370 g/mol. The minimum atomic E-state index is -0.936. The van der Waals surface area contributed by atoms with E-state index in [0.29, 0.717) is 0 Å². The molecular weight excluding hydrogens is 352 g/mol. The number of fused-ring (bicyclic) bond motifs is 4. The Labute approximate surface area is 160 Å². The van der Waals surface area contributed by atoms with E-state index in [1.54, 1.807) is 12.2 Å². The van der Waals surface area contributed by atoms with Crippen LogP contribution in [0.2, 0.25) is 0 Å². The summed E-state index contributed by atoms with van der Waals surface area (Å²) < 4.78 is 0. The molecule has 0 amide bonds. The number of benzene rings is 4. The first-order chi connectivity index (χ1) is 13.5. The standard InChI is InChI=1S/C24H18O4/c25-19-7-5-13-15-3-4-16-14-6-8-20(26)24(28)18(14)10-12-2-1-11(21(15)22(12)16)9-17(13)23(19)27/h1-10,19-20,23-28H/t19-,20-,23-,24-/m1/s1. The highest BCUT2D eigenvalue weighted by atomic mass is 16.3. The number of aliphatic hydroxyl groups excluding tert-OH is 4. The molecule has 0 aliphatic heterocycles. The molecule has 0 saturated heterocycles. The molecule has 0 radical (unpaired) electrons.